The molecular formula is C16H14Cl2N4O. The van der Waals surface area contributed by atoms with Gasteiger partial charge in [-0.1, -0.05) is 41.4 Å². The minimum atomic E-state index is -0.322. The van der Waals surface area contributed by atoms with Gasteiger partial charge in [0.25, 0.3) is 5.91 Å². The lowest BCUT2D eigenvalue weighted by atomic mass is 10.2. The Kier molecular flexibility index (Phi) is 4.15. The number of aromatic amines is 1. The van der Waals surface area contributed by atoms with Crippen LogP contribution in [-0.4, -0.2) is 20.7 Å². The van der Waals surface area contributed by atoms with Crippen LogP contribution in [-0.2, 0) is 0 Å². The maximum Gasteiger partial charge on any atom is 0.272 e. The number of carbonyl (C=O) groups is 1. The molecule has 0 fully saturated rings. The number of carbonyl (C=O) groups excluding carboxylic acids is 1. The molecule has 0 atom stereocenters. The topological polar surface area (TPSA) is 62.7 Å². The Hall–Kier alpha value is -2.24. The number of hydrogen-bond acceptors (Lipinski definition) is 2. The molecule has 0 bridgehead atoms. The number of H-pyrrole nitrogens is 1. The van der Waals surface area contributed by atoms with Gasteiger partial charge in [0, 0.05) is 0 Å². The first kappa shape index (κ1) is 15.6. The van der Waals surface area contributed by atoms with Crippen LogP contribution in [0.5, 0.6) is 0 Å². The van der Waals surface area contributed by atoms with Crippen molar-refractivity contribution in [1.29, 1.82) is 0 Å². The van der Waals surface area contributed by atoms with Crippen LogP contribution in [0.1, 0.15) is 21.9 Å². The summed E-state index contributed by atoms with van der Waals surface area (Å²) in [7, 11) is 0. The van der Waals surface area contributed by atoms with Crippen LogP contribution in [0.2, 0.25) is 10.2 Å². The van der Waals surface area contributed by atoms with Crippen molar-refractivity contribution >= 4 is 34.8 Å². The van der Waals surface area contributed by atoms with E-state index in [1.165, 1.54) is 6.07 Å². The summed E-state index contributed by atoms with van der Waals surface area (Å²) in [4.78, 5) is 15.1. The van der Waals surface area contributed by atoms with Gasteiger partial charge in [0.15, 0.2) is 0 Å². The molecular weight excluding hydrogens is 335 g/mol. The van der Waals surface area contributed by atoms with Crippen LogP contribution in [0, 0.1) is 13.8 Å². The fourth-order valence-electron chi connectivity index (χ4n) is 2.35. The first-order valence-electron chi connectivity index (χ1n) is 6.94. The summed E-state index contributed by atoms with van der Waals surface area (Å²) in [6.45, 7) is 3.74. The quantitative estimate of drug-likeness (QED) is 0.737. The van der Waals surface area contributed by atoms with Crippen molar-refractivity contribution in [3.63, 3.8) is 0 Å². The lowest BCUT2D eigenvalue weighted by molar-refractivity contribution is 0.102. The van der Waals surface area contributed by atoms with Gasteiger partial charge < -0.3 is 10.3 Å². The smallest absolute Gasteiger partial charge is 0.272 e. The highest BCUT2D eigenvalue weighted by molar-refractivity contribution is 6.41. The van der Waals surface area contributed by atoms with E-state index in [0.717, 1.165) is 17.1 Å². The first-order valence-corrected chi connectivity index (χ1v) is 7.70. The van der Waals surface area contributed by atoms with E-state index in [4.69, 9.17) is 23.2 Å². The summed E-state index contributed by atoms with van der Waals surface area (Å²) in [5.41, 5.74) is 3.46. The summed E-state index contributed by atoms with van der Waals surface area (Å²) in [6.07, 6.45) is 0. The van der Waals surface area contributed by atoms with Crippen LogP contribution in [0.25, 0.3) is 5.69 Å². The highest BCUT2D eigenvalue weighted by Gasteiger charge is 2.18. The van der Waals surface area contributed by atoms with E-state index in [9.17, 15) is 4.79 Å². The van der Waals surface area contributed by atoms with E-state index < -0.39 is 0 Å². The van der Waals surface area contributed by atoms with Gasteiger partial charge in [0.2, 0.25) is 0 Å². The molecule has 0 spiro atoms. The first-order chi connectivity index (χ1) is 11.0. The second kappa shape index (κ2) is 6.10. The molecule has 0 unspecified atom stereocenters. The molecule has 3 aromatic rings. The Morgan fingerprint density at radius 1 is 1.22 bits per heavy atom. The zero-order chi connectivity index (χ0) is 16.6. The molecule has 0 radical (unpaired) electrons. The number of para-hydroxylation sites is 1. The molecule has 1 aromatic carbocycles. The van der Waals surface area contributed by atoms with Crippen LogP contribution in [0.4, 0.5) is 5.69 Å². The number of nitrogens with zero attached hydrogens (tertiary/aromatic N) is 2. The Balaban J connectivity index is 1.92. The molecule has 0 aliphatic rings. The molecule has 5 nitrogen and oxygen atoms in total. The molecule has 118 valence electrons. The van der Waals surface area contributed by atoms with Crippen molar-refractivity contribution in [2.45, 2.75) is 13.8 Å². The normalized spacial score (nSPS) is 10.8. The number of aromatic nitrogens is 3. The number of amides is 1. The molecule has 2 N–H and O–H groups in total. The van der Waals surface area contributed by atoms with E-state index in [0.29, 0.717) is 16.4 Å². The van der Waals surface area contributed by atoms with E-state index in [2.05, 4.69) is 15.4 Å². The zero-order valence-corrected chi connectivity index (χ0v) is 14.0. The summed E-state index contributed by atoms with van der Waals surface area (Å²) in [5.74, 6) is -0.322. The number of halogens is 2. The summed E-state index contributed by atoms with van der Waals surface area (Å²) in [6, 6.07) is 11.2. The third kappa shape index (κ3) is 2.98. The second-order valence-corrected chi connectivity index (χ2v) is 5.88. The lowest BCUT2D eigenvalue weighted by Crippen LogP contribution is -2.13. The molecule has 0 aliphatic carbocycles. The molecule has 23 heavy (non-hydrogen) atoms. The Bertz CT molecular complexity index is 848. The minimum absolute atomic E-state index is 0.241. The average molecular weight is 349 g/mol. The highest BCUT2D eigenvalue weighted by Crippen LogP contribution is 2.25. The van der Waals surface area contributed by atoms with Gasteiger partial charge in [-0.2, -0.15) is 5.10 Å². The number of aryl methyl sites for hydroxylation is 1. The summed E-state index contributed by atoms with van der Waals surface area (Å²) < 4.78 is 1.79. The van der Waals surface area contributed by atoms with Gasteiger partial charge in [0.05, 0.1) is 27.8 Å². The highest BCUT2D eigenvalue weighted by atomic mass is 35.5. The molecule has 0 aliphatic heterocycles. The molecule has 2 aromatic heterocycles. The third-order valence-electron chi connectivity index (χ3n) is 3.50. The van der Waals surface area contributed by atoms with Gasteiger partial charge in [-0.15, -0.1) is 0 Å². The van der Waals surface area contributed by atoms with Gasteiger partial charge in [-0.3, -0.25) is 4.79 Å². The largest absolute Gasteiger partial charge is 0.340 e. The zero-order valence-electron chi connectivity index (χ0n) is 12.5. The van der Waals surface area contributed by atoms with Crippen LogP contribution >= 0.6 is 23.2 Å². The van der Waals surface area contributed by atoms with Crippen LogP contribution in [0.15, 0.2) is 36.4 Å². The van der Waals surface area contributed by atoms with Crippen molar-refractivity contribution in [2.75, 3.05) is 5.32 Å². The fourth-order valence-corrected chi connectivity index (χ4v) is 2.66. The van der Waals surface area contributed by atoms with E-state index in [1.54, 1.807) is 4.68 Å². The predicted octanol–water partition coefficient (Wildman–Crippen LogP) is 4.38. The average Bonchev–Trinajstić information content (AvgIpc) is 3.02. The van der Waals surface area contributed by atoms with Crippen molar-refractivity contribution in [3.05, 3.63) is 63.7 Å². The molecule has 3 rings (SSSR count). The van der Waals surface area contributed by atoms with E-state index in [1.807, 2.05) is 44.2 Å². The molecule has 7 heteroatoms. The number of benzene rings is 1. The number of rotatable bonds is 3. The number of nitrogens with one attached hydrogen (secondary N) is 2. The molecule has 2 heterocycles. The summed E-state index contributed by atoms with van der Waals surface area (Å²) >= 11 is 11.7. The monoisotopic (exact) mass is 348 g/mol. The molecule has 1 amide bonds. The van der Waals surface area contributed by atoms with Crippen molar-refractivity contribution < 1.29 is 4.79 Å². The lowest BCUT2D eigenvalue weighted by Gasteiger charge is -2.06. The van der Waals surface area contributed by atoms with Gasteiger partial charge in [-0.05, 0) is 32.0 Å². The van der Waals surface area contributed by atoms with Crippen molar-refractivity contribution in [1.82, 2.24) is 14.8 Å². The van der Waals surface area contributed by atoms with Gasteiger partial charge >= 0.3 is 0 Å². The Labute approximate surface area is 143 Å². The standard InChI is InChI=1S/C16H14Cl2N4O/c1-9-14(20-16(23)13-8-12(17)15(18)19-13)10(2)22(21-9)11-6-4-3-5-7-11/h3-8,19H,1-2H3,(H,20,23). The van der Waals surface area contributed by atoms with Crippen molar-refractivity contribution in [3.8, 4) is 5.69 Å². The third-order valence-corrected chi connectivity index (χ3v) is 4.19. The molecule has 0 saturated heterocycles. The van der Waals surface area contributed by atoms with Crippen LogP contribution in [0.3, 0.4) is 0 Å². The maximum absolute atomic E-state index is 12.3. The Morgan fingerprint density at radius 2 is 1.91 bits per heavy atom. The minimum Gasteiger partial charge on any atom is -0.340 e. The fraction of sp³-hybridized carbons (Fsp3) is 0.125. The summed E-state index contributed by atoms with van der Waals surface area (Å²) in [5, 5.41) is 7.90. The predicted molar refractivity (Wildman–Crippen MR) is 91.8 cm³/mol. The van der Waals surface area contributed by atoms with Gasteiger partial charge in [0.1, 0.15) is 10.8 Å². The molecule has 0 saturated carbocycles. The van der Waals surface area contributed by atoms with Gasteiger partial charge in [-0.25, -0.2) is 4.68 Å². The van der Waals surface area contributed by atoms with Crippen LogP contribution < -0.4 is 5.32 Å². The Morgan fingerprint density at radius 3 is 2.52 bits per heavy atom. The number of anilines is 1. The number of hydrogen-bond donors (Lipinski definition) is 2. The SMILES string of the molecule is Cc1nn(-c2ccccc2)c(C)c1NC(=O)c1cc(Cl)c(Cl)[nH]1. The van der Waals surface area contributed by atoms with E-state index >= 15 is 0 Å². The van der Waals surface area contributed by atoms with Crippen molar-refractivity contribution in [2.24, 2.45) is 0 Å². The second-order valence-electron chi connectivity index (χ2n) is 5.09. The maximum atomic E-state index is 12.3. The van der Waals surface area contributed by atoms with E-state index in [-0.39, 0.29) is 11.1 Å².